The third-order valence-corrected chi connectivity index (χ3v) is 1.94. The van der Waals surface area contributed by atoms with Crippen molar-refractivity contribution in [2.75, 3.05) is 6.61 Å². The van der Waals surface area contributed by atoms with Crippen LogP contribution in [0.3, 0.4) is 0 Å². The molecule has 1 rings (SSSR count). The molecule has 0 aliphatic carbocycles. The summed E-state index contributed by atoms with van der Waals surface area (Å²) in [5.41, 5.74) is 1.74. The van der Waals surface area contributed by atoms with E-state index in [1.165, 1.54) is 6.08 Å². The number of hydrogen-bond acceptors (Lipinski definition) is 3. The van der Waals surface area contributed by atoms with Crippen molar-refractivity contribution in [1.29, 1.82) is 0 Å². The first-order valence-electron chi connectivity index (χ1n) is 4.96. The third kappa shape index (κ3) is 4.14. The fourth-order valence-corrected chi connectivity index (χ4v) is 1.20. The zero-order valence-electron chi connectivity index (χ0n) is 8.98. The second kappa shape index (κ2) is 6.63. The van der Waals surface area contributed by atoms with E-state index in [-0.39, 0.29) is 13.2 Å². The molecule has 0 aromatic heterocycles. The molecule has 1 amide bonds. The highest BCUT2D eigenvalue weighted by Gasteiger charge is 2.00. The molecule has 0 spiro atoms. The molecule has 16 heavy (non-hydrogen) atoms. The minimum Gasteiger partial charge on any atom is -0.445 e. The van der Waals surface area contributed by atoms with Gasteiger partial charge < -0.3 is 15.2 Å². The van der Waals surface area contributed by atoms with Crippen molar-refractivity contribution in [3.63, 3.8) is 0 Å². The maximum atomic E-state index is 11.1. The molecule has 0 aliphatic rings. The molecule has 0 atom stereocenters. The first kappa shape index (κ1) is 12.3. The molecule has 4 heteroatoms. The van der Waals surface area contributed by atoms with Crippen LogP contribution in [0.4, 0.5) is 4.79 Å². The molecule has 0 aliphatic heterocycles. The predicted molar refractivity (Wildman–Crippen MR) is 60.7 cm³/mol. The quantitative estimate of drug-likeness (QED) is 0.742. The number of carbonyl (C=O) groups is 1. The Bertz CT molecular complexity index is 363. The van der Waals surface area contributed by atoms with Gasteiger partial charge in [-0.25, -0.2) is 4.79 Å². The minimum atomic E-state index is -0.477. The van der Waals surface area contributed by atoms with E-state index in [0.717, 1.165) is 11.1 Å². The van der Waals surface area contributed by atoms with Crippen LogP contribution in [0.5, 0.6) is 0 Å². The molecule has 0 bridgehead atoms. The van der Waals surface area contributed by atoms with Crippen LogP contribution in [-0.4, -0.2) is 17.8 Å². The van der Waals surface area contributed by atoms with Gasteiger partial charge in [0.2, 0.25) is 0 Å². The highest BCUT2D eigenvalue weighted by atomic mass is 16.5. The van der Waals surface area contributed by atoms with Gasteiger partial charge >= 0.3 is 6.09 Å². The molecule has 0 fully saturated rings. The number of alkyl carbamates (subject to hydrolysis) is 1. The van der Waals surface area contributed by atoms with Crippen LogP contribution in [0.2, 0.25) is 0 Å². The summed E-state index contributed by atoms with van der Waals surface area (Å²) in [6.45, 7) is 4.01. The number of amides is 1. The lowest BCUT2D eigenvalue weighted by molar-refractivity contribution is 0.158. The Labute approximate surface area is 94.6 Å². The monoisotopic (exact) mass is 221 g/mol. The molecule has 1 aromatic carbocycles. The summed E-state index contributed by atoms with van der Waals surface area (Å²) in [5, 5.41) is 11.5. The van der Waals surface area contributed by atoms with Gasteiger partial charge in [-0.05, 0) is 11.1 Å². The van der Waals surface area contributed by atoms with Crippen LogP contribution in [0, 0.1) is 0 Å². The van der Waals surface area contributed by atoms with Crippen LogP contribution < -0.4 is 5.32 Å². The van der Waals surface area contributed by atoms with E-state index in [9.17, 15) is 4.79 Å². The number of hydrogen-bond donors (Lipinski definition) is 2. The lowest BCUT2D eigenvalue weighted by atomic mass is 10.1. The lowest BCUT2D eigenvalue weighted by Gasteiger charge is -2.06. The molecular weight excluding hydrogens is 206 g/mol. The third-order valence-electron chi connectivity index (χ3n) is 1.94. The van der Waals surface area contributed by atoms with Crippen LogP contribution in [0.25, 0.3) is 0 Å². The number of aliphatic hydroxyl groups is 1. The van der Waals surface area contributed by atoms with Gasteiger partial charge in [0, 0.05) is 6.54 Å². The molecule has 1 aromatic rings. The fourth-order valence-electron chi connectivity index (χ4n) is 1.20. The van der Waals surface area contributed by atoms with Crippen LogP contribution in [0.15, 0.2) is 36.9 Å². The molecule has 2 N–H and O–H groups in total. The molecule has 4 nitrogen and oxygen atoms in total. The fraction of sp³-hybridized carbons (Fsp3) is 0.250. The topological polar surface area (TPSA) is 58.6 Å². The average Bonchev–Trinajstić information content (AvgIpc) is 2.34. The molecule has 86 valence electrons. The van der Waals surface area contributed by atoms with Crippen LogP contribution in [-0.2, 0) is 17.9 Å². The Morgan fingerprint density at radius 1 is 1.50 bits per heavy atom. The number of benzene rings is 1. The van der Waals surface area contributed by atoms with E-state index < -0.39 is 6.09 Å². The first-order chi connectivity index (χ1) is 7.76. The van der Waals surface area contributed by atoms with Gasteiger partial charge in [0.05, 0.1) is 6.61 Å². The zero-order valence-corrected chi connectivity index (χ0v) is 8.98. The molecule has 0 unspecified atom stereocenters. The highest BCUT2D eigenvalue weighted by molar-refractivity contribution is 5.67. The summed E-state index contributed by atoms with van der Waals surface area (Å²) < 4.78 is 4.75. The normalized spacial score (nSPS) is 9.56. The van der Waals surface area contributed by atoms with Crippen molar-refractivity contribution in [2.24, 2.45) is 0 Å². The maximum Gasteiger partial charge on any atom is 0.407 e. The van der Waals surface area contributed by atoms with Gasteiger partial charge in [-0.1, -0.05) is 36.9 Å². The maximum absolute atomic E-state index is 11.1. The summed E-state index contributed by atoms with van der Waals surface area (Å²) in [7, 11) is 0. The Kier molecular flexibility index (Phi) is 5.08. The number of aliphatic hydroxyl groups excluding tert-OH is 1. The van der Waals surface area contributed by atoms with E-state index >= 15 is 0 Å². The number of ether oxygens (including phenoxy) is 1. The van der Waals surface area contributed by atoms with Gasteiger partial charge in [0.1, 0.15) is 6.61 Å². The van der Waals surface area contributed by atoms with Gasteiger partial charge in [-0.2, -0.15) is 0 Å². The Balaban J connectivity index is 2.41. The number of rotatable bonds is 5. The van der Waals surface area contributed by atoms with E-state index in [0.29, 0.717) is 6.54 Å². The summed E-state index contributed by atoms with van der Waals surface area (Å²) in [5.74, 6) is 0. The Morgan fingerprint density at radius 2 is 2.25 bits per heavy atom. The number of nitrogens with one attached hydrogen (secondary N) is 1. The van der Waals surface area contributed by atoms with Gasteiger partial charge in [-0.3, -0.25) is 0 Å². The van der Waals surface area contributed by atoms with Gasteiger partial charge in [0.25, 0.3) is 0 Å². The zero-order chi connectivity index (χ0) is 11.8. The standard InChI is InChI=1S/C12H15NO3/c1-2-6-16-12(15)13-8-10-4-3-5-11(7-10)9-14/h2-5,7,14H,1,6,8-9H2,(H,13,15). The minimum absolute atomic E-state index is 0.00521. The Morgan fingerprint density at radius 3 is 2.94 bits per heavy atom. The number of carbonyl (C=O) groups excluding carboxylic acids is 1. The molecular formula is C12H15NO3. The predicted octanol–water partition coefficient (Wildman–Crippen LogP) is 1.59. The van der Waals surface area contributed by atoms with Crippen LogP contribution >= 0.6 is 0 Å². The van der Waals surface area contributed by atoms with E-state index in [1.54, 1.807) is 0 Å². The second-order valence-corrected chi connectivity index (χ2v) is 3.22. The van der Waals surface area contributed by atoms with Crippen molar-refractivity contribution in [3.05, 3.63) is 48.0 Å². The van der Waals surface area contributed by atoms with E-state index in [2.05, 4.69) is 11.9 Å². The lowest BCUT2D eigenvalue weighted by Crippen LogP contribution is -2.23. The SMILES string of the molecule is C=CCOC(=O)NCc1cccc(CO)c1. The smallest absolute Gasteiger partial charge is 0.407 e. The summed E-state index contributed by atoms with van der Waals surface area (Å²) in [6.07, 6.45) is 1.03. The largest absolute Gasteiger partial charge is 0.445 e. The van der Waals surface area contributed by atoms with E-state index in [4.69, 9.17) is 9.84 Å². The molecule has 0 radical (unpaired) electrons. The van der Waals surface area contributed by atoms with Gasteiger partial charge in [0.15, 0.2) is 0 Å². The summed E-state index contributed by atoms with van der Waals surface area (Å²) in [6, 6.07) is 7.35. The van der Waals surface area contributed by atoms with Crippen molar-refractivity contribution in [1.82, 2.24) is 5.32 Å². The summed E-state index contributed by atoms with van der Waals surface area (Å²) >= 11 is 0. The van der Waals surface area contributed by atoms with Crippen molar-refractivity contribution >= 4 is 6.09 Å². The van der Waals surface area contributed by atoms with E-state index in [1.807, 2.05) is 24.3 Å². The highest BCUT2D eigenvalue weighted by Crippen LogP contribution is 2.04. The van der Waals surface area contributed by atoms with Gasteiger partial charge in [-0.15, -0.1) is 0 Å². The molecule has 0 saturated heterocycles. The van der Waals surface area contributed by atoms with Crippen molar-refractivity contribution < 1.29 is 14.6 Å². The Hall–Kier alpha value is -1.81. The van der Waals surface area contributed by atoms with Crippen molar-refractivity contribution in [3.8, 4) is 0 Å². The molecule has 0 saturated carbocycles. The molecule has 0 heterocycles. The first-order valence-corrected chi connectivity index (χ1v) is 4.96. The van der Waals surface area contributed by atoms with Crippen LogP contribution in [0.1, 0.15) is 11.1 Å². The second-order valence-electron chi connectivity index (χ2n) is 3.22. The average molecular weight is 221 g/mol. The summed E-state index contributed by atoms with van der Waals surface area (Å²) in [4.78, 5) is 11.1. The van der Waals surface area contributed by atoms with Crippen molar-refractivity contribution in [2.45, 2.75) is 13.2 Å².